The molecular formula is C8H10N2O3. The quantitative estimate of drug-likeness (QED) is 0.731. The van der Waals surface area contributed by atoms with Gasteiger partial charge in [-0.05, 0) is 6.92 Å². The topological polar surface area (TPSA) is 64.4 Å². The molecule has 1 fully saturated rings. The van der Waals surface area contributed by atoms with Gasteiger partial charge in [0.2, 0.25) is 5.88 Å². The second kappa shape index (κ2) is 3.18. The Balaban J connectivity index is 1.97. The third-order valence-corrected chi connectivity index (χ3v) is 1.98. The number of anilines is 1. The molecule has 13 heavy (non-hydrogen) atoms. The van der Waals surface area contributed by atoms with Gasteiger partial charge in [-0.3, -0.25) is 10.1 Å². The van der Waals surface area contributed by atoms with Gasteiger partial charge < -0.3 is 9.26 Å². The van der Waals surface area contributed by atoms with E-state index in [2.05, 4.69) is 10.5 Å². The van der Waals surface area contributed by atoms with Gasteiger partial charge in [-0.1, -0.05) is 5.16 Å². The van der Waals surface area contributed by atoms with Crippen LogP contribution < -0.4 is 5.32 Å². The summed E-state index contributed by atoms with van der Waals surface area (Å²) in [5.41, 5.74) is 0.813. The molecule has 1 saturated heterocycles. The van der Waals surface area contributed by atoms with Gasteiger partial charge in [0.15, 0.2) is 0 Å². The number of nitrogens with zero attached hydrogens (tertiary/aromatic N) is 1. The zero-order valence-corrected chi connectivity index (χ0v) is 7.24. The summed E-state index contributed by atoms with van der Waals surface area (Å²) in [6.07, 6.45) is 2.01. The smallest absolute Gasteiger partial charge is 0.255 e. The SMILES string of the molecule is Cc1cnoc1NC(=O)C1CCO1. The summed E-state index contributed by atoms with van der Waals surface area (Å²) in [5, 5.41) is 6.15. The summed E-state index contributed by atoms with van der Waals surface area (Å²) in [6, 6.07) is 0. The predicted octanol–water partition coefficient (Wildman–Crippen LogP) is 0.710. The van der Waals surface area contributed by atoms with Gasteiger partial charge in [0.05, 0.1) is 12.8 Å². The molecule has 0 aromatic carbocycles. The Hall–Kier alpha value is -1.36. The maximum atomic E-state index is 11.3. The van der Waals surface area contributed by atoms with Gasteiger partial charge in [-0.15, -0.1) is 0 Å². The van der Waals surface area contributed by atoms with Crippen LogP contribution in [0, 0.1) is 6.92 Å². The average Bonchev–Trinajstić information content (AvgIpc) is 2.32. The van der Waals surface area contributed by atoms with Crippen molar-refractivity contribution in [2.24, 2.45) is 0 Å². The van der Waals surface area contributed by atoms with E-state index in [1.165, 1.54) is 0 Å². The van der Waals surface area contributed by atoms with Crippen molar-refractivity contribution < 1.29 is 14.1 Å². The standard InChI is InChI=1S/C8H10N2O3/c1-5-4-9-13-8(5)10-7(11)6-2-3-12-6/h4,6H,2-3H2,1H3,(H,10,11). The van der Waals surface area contributed by atoms with Gasteiger partial charge >= 0.3 is 0 Å². The number of amides is 1. The van der Waals surface area contributed by atoms with Crippen LogP contribution in [0.5, 0.6) is 0 Å². The summed E-state index contributed by atoms with van der Waals surface area (Å²) in [4.78, 5) is 11.3. The Kier molecular flexibility index (Phi) is 2.02. The fraction of sp³-hybridized carbons (Fsp3) is 0.500. The minimum atomic E-state index is -0.315. The number of rotatable bonds is 2. The van der Waals surface area contributed by atoms with E-state index >= 15 is 0 Å². The van der Waals surface area contributed by atoms with E-state index in [4.69, 9.17) is 9.26 Å². The Labute approximate surface area is 75.0 Å². The molecule has 1 unspecified atom stereocenters. The van der Waals surface area contributed by atoms with Crippen molar-refractivity contribution in [2.45, 2.75) is 19.4 Å². The lowest BCUT2D eigenvalue weighted by molar-refractivity contribution is -0.139. The van der Waals surface area contributed by atoms with E-state index in [9.17, 15) is 4.79 Å². The highest BCUT2D eigenvalue weighted by atomic mass is 16.5. The molecule has 0 aliphatic carbocycles. The number of carbonyl (C=O) groups is 1. The van der Waals surface area contributed by atoms with Crippen LogP contribution in [0.15, 0.2) is 10.7 Å². The zero-order chi connectivity index (χ0) is 9.26. The molecule has 0 spiro atoms. The molecule has 70 valence electrons. The first-order chi connectivity index (χ1) is 6.27. The Bertz CT molecular complexity index is 317. The van der Waals surface area contributed by atoms with E-state index in [1.54, 1.807) is 6.20 Å². The Morgan fingerprint density at radius 1 is 1.77 bits per heavy atom. The summed E-state index contributed by atoms with van der Waals surface area (Å²) < 4.78 is 9.82. The van der Waals surface area contributed by atoms with Crippen LogP contribution in [0.4, 0.5) is 5.88 Å². The van der Waals surface area contributed by atoms with Gasteiger partial charge in [0.1, 0.15) is 6.10 Å². The molecule has 1 amide bonds. The van der Waals surface area contributed by atoms with Crippen molar-refractivity contribution in [3.8, 4) is 0 Å². The van der Waals surface area contributed by atoms with Crippen molar-refractivity contribution in [2.75, 3.05) is 11.9 Å². The molecule has 0 radical (unpaired) electrons. The van der Waals surface area contributed by atoms with E-state index in [1.807, 2.05) is 6.92 Å². The second-order valence-electron chi connectivity index (χ2n) is 2.98. The molecule has 2 rings (SSSR count). The van der Waals surface area contributed by atoms with E-state index < -0.39 is 0 Å². The summed E-state index contributed by atoms with van der Waals surface area (Å²) >= 11 is 0. The largest absolute Gasteiger partial charge is 0.368 e. The molecule has 1 aliphatic heterocycles. The summed E-state index contributed by atoms with van der Waals surface area (Å²) in [6.45, 7) is 2.47. The molecule has 5 nitrogen and oxygen atoms in total. The van der Waals surface area contributed by atoms with Crippen LogP contribution in [-0.2, 0) is 9.53 Å². The van der Waals surface area contributed by atoms with Gasteiger partial charge in [-0.25, -0.2) is 0 Å². The molecule has 0 bridgehead atoms. The van der Waals surface area contributed by atoms with Crippen molar-refractivity contribution >= 4 is 11.8 Å². The first-order valence-corrected chi connectivity index (χ1v) is 4.11. The number of carbonyl (C=O) groups excluding carboxylic acids is 1. The minimum Gasteiger partial charge on any atom is -0.368 e. The molecular weight excluding hydrogens is 172 g/mol. The molecule has 0 saturated carbocycles. The molecule has 1 N–H and O–H groups in total. The van der Waals surface area contributed by atoms with E-state index in [0.29, 0.717) is 12.5 Å². The van der Waals surface area contributed by atoms with Crippen molar-refractivity contribution in [3.63, 3.8) is 0 Å². The Morgan fingerprint density at radius 2 is 2.54 bits per heavy atom. The lowest BCUT2D eigenvalue weighted by Gasteiger charge is -2.24. The first-order valence-electron chi connectivity index (χ1n) is 4.11. The van der Waals surface area contributed by atoms with Crippen molar-refractivity contribution in [1.29, 1.82) is 0 Å². The monoisotopic (exact) mass is 182 g/mol. The second-order valence-corrected chi connectivity index (χ2v) is 2.98. The fourth-order valence-corrected chi connectivity index (χ4v) is 1.05. The third-order valence-electron chi connectivity index (χ3n) is 1.98. The number of hydrogen-bond donors (Lipinski definition) is 1. The number of hydrogen-bond acceptors (Lipinski definition) is 4. The van der Waals surface area contributed by atoms with Crippen LogP contribution in [0.3, 0.4) is 0 Å². The normalized spacial score (nSPS) is 20.8. The fourth-order valence-electron chi connectivity index (χ4n) is 1.05. The van der Waals surface area contributed by atoms with Crippen LogP contribution in [-0.4, -0.2) is 23.8 Å². The van der Waals surface area contributed by atoms with Gasteiger partial charge in [0.25, 0.3) is 5.91 Å². The van der Waals surface area contributed by atoms with Gasteiger partial charge in [-0.2, -0.15) is 0 Å². The summed E-state index contributed by atoms with van der Waals surface area (Å²) in [5.74, 6) is 0.242. The number of nitrogens with one attached hydrogen (secondary N) is 1. The van der Waals surface area contributed by atoms with Crippen LogP contribution in [0.25, 0.3) is 0 Å². The van der Waals surface area contributed by atoms with Crippen LogP contribution in [0.2, 0.25) is 0 Å². The zero-order valence-electron chi connectivity index (χ0n) is 7.24. The molecule has 1 aliphatic rings. The third kappa shape index (κ3) is 1.55. The number of aromatic nitrogens is 1. The highest BCUT2D eigenvalue weighted by Gasteiger charge is 2.27. The maximum absolute atomic E-state index is 11.3. The average molecular weight is 182 g/mol. The van der Waals surface area contributed by atoms with E-state index in [0.717, 1.165) is 12.0 Å². The first kappa shape index (κ1) is 8.25. The minimum absolute atomic E-state index is 0.161. The lowest BCUT2D eigenvalue weighted by Crippen LogP contribution is -2.38. The number of aryl methyl sites for hydroxylation is 1. The lowest BCUT2D eigenvalue weighted by atomic mass is 10.2. The predicted molar refractivity (Wildman–Crippen MR) is 44.2 cm³/mol. The molecule has 1 aromatic heterocycles. The van der Waals surface area contributed by atoms with Crippen molar-refractivity contribution in [3.05, 3.63) is 11.8 Å². The molecule has 1 aromatic rings. The Morgan fingerprint density at radius 3 is 3.00 bits per heavy atom. The maximum Gasteiger partial charge on any atom is 0.255 e. The molecule has 1 atom stereocenters. The van der Waals surface area contributed by atoms with Crippen LogP contribution >= 0.6 is 0 Å². The highest BCUT2D eigenvalue weighted by Crippen LogP contribution is 2.16. The highest BCUT2D eigenvalue weighted by molar-refractivity contribution is 5.93. The summed E-state index contributed by atoms with van der Waals surface area (Å²) in [7, 11) is 0. The van der Waals surface area contributed by atoms with Crippen LogP contribution in [0.1, 0.15) is 12.0 Å². The number of ether oxygens (including phenoxy) is 1. The molecule has 2 heterocycles. The van der Waals surface area contributed by atoms with E-state index in [-0.39, 0.29) is 12.0 Å². The molecule has 5 heteroatoms. The van der Waals surface area contributed by atoms with Gasteiger partial charge in [0, 0.05) is 12.0 Å². The van der Waals surface area contributed by atoms with Crippen molar-refractivity contribution in [1.82, 2.24) is 5.16 Å².